The third-order valence-corrected chi connectivity index (χ3v) is 3.82. The van der Waals surface area contributed by atoms with Gasteiger partial charge in [-0.1, -0.05) is 38.0 Å². The Hall–Kier alpha value is -1.02. The number of hydrogen-bond acceptors (Lipinski definition) is 2. The molecule has 2 nitrogen and oxygen atoms in total. The minimum Gasteiger partial charge on any atom is -0.392 e. The second-order valence-corrected chi connectivity index (χ2v) is 4.89. The number of rotatable bonds is 3. The molecule has 1 aromatic rings. The van der Waals surface area contributed by atoms with Gasteiger partial charge in [-0.25, -0.2) is 0 Å². The van der Waals surface area contributed by atoms with Crippen LogP contribution in [0.2, 0.25) is 0 Å². The van der Waals surface area contributed by atoms with Crippen LogP contribution in [0, 0.1) is 0 Å². The molecule has 1 aliphatic heterocycles. The molecule has 0 spiro atoms. The highest BCUT2D eigenvalue weighted by molar-refractivity contribution is 5.54. The van der Waals surface area contributed by atoms with Gasteiger partial charge in [0.15, 0.2) is 0 Å². The summed E-state index contributed by atoms with van der Waals surface area (Å²) in [4.78, 5) is 2.51. The molecule has 1 heterocycles. The smallest absolute Gasteiger partial charge is 0.0702 e. The molecule has 0 saturated carbocycles. The van der Waals surface area contributed by atoms with Gasteiger partial charge in [-0.15, -0.1) is 0 Å². The Morgan fingerprint density at radius 1 is 1.24 bits per heavy atom. The van der Waals surface area contributed by atoms with Crippen molar-refractivity contribution in [3.8, 4) is 0 Å². The zero-order chi connectivity index (χ0) is 12.1. The summed E-state index contributed by atoms with van der Waals surface area (Å²) in [6, 6.07) is 8.91. The molecule has 0 radical (unpaired) electrons. The highest BCUT2D eigenvalue weighted by atomic mass is 16.3. The van der Waals surface area contributed by atoms with Crippen molar-refractivity contribution in [2.24, 2.45) is 0 Å². The predicted octanol–water partition coefficient (Wildman–Crippen LogP) is 3.34. The lowest BCUT2D eigenvalue weighted by Crippen LogP contribution is -2.35. The van der Waals surface area contributed by atoms with E-state index in [0.29, 0.717) is 6.04 Å². The molecular formula is C15H23NO. The van der Waals surface area contributed by atoms with Crippen LogP contribution in [0.15, 0.2) is 24.3 Å². The van der Waals surface area contributed by atoms with Gasteiger partial charge in [0.05, 0.1) is 6.61 Å². The summed E-state index contributed by atoms with van der Waals surface area (Å²) >= 11 is 0. The van der Waals surface area contributed by atoms with Crippen LogP contribution >= 0.6 is 0 Å². The summed E-state index contributed by atoms with van der Waals surface area (Å²) in [7, 11) is 0. The van der Waals surface area contributed by atoms with Crippen LogP contribution in [0.5, 0.6) is 0 Å². The van der Waals surface area contributed by atoms with Crippen LogP contribution in [0.1, 0.15) is 44.6 Å². The van der Waals surface area contributed by atoms with Gasteiger partial charge < -0.3 is 10.0 Å². The average Bonchev–Trinajstić information content (AvgIpc) is 2.63. The highest BCUT2D eigenvalue weighted by Gasteiger charge is 2.21. The molecule has 1 atom stereocenters. The Kier molecular flexibility index (Phi) is 4.43. The Labute approximate surface area is 104 Å². The number of hydrogen-bond donors (Lipinski definition) is 1. The summed E-state index contributed by atoms with van der Waals surface area (Å²) in [5.41, 5.74) is 2.30. The first-order valence-electron chi connectivity index (χ1n) is 6.82. The average molecular weight is 233 g/mol. The van der Waals surface area contributed by atoms with Gasteiger partial charge in [0.2, 0.25) is 0 Å². The van der Waals surface area contributed by atoms with Gasteiger partial charge in [-0.2, -0.15) is 0 Å². The van der Waals surface area contributed by atoms with E-state index in [1.807, 2.05) is 12.1 Å². The largest absolute Gasteiger partial charge is 0.392 e. The molecule has 0 aliphatic carbocycles. The Morgan fingerprint density at radius 3 is 2.82 bits per heavy atom. The molecular weight excluding hydrogens is 210 g/mol. The minimum atomic E-state index is 0.142. The fourth-order valence-corrected chi connectivity index (χ4v) is 2.84. The first-order chi connectivity index (χ1) is 8.36. The second-order valence-electron chi connectivity index (χ2n) is 4.89. The maximum absolute atomic E-state index is 9.45. The third-order valence-electron chi connectivity index (χ3n) is 3.82. The molecule has 1 unspecified atom stereocenters. The van der Waals surface area contributed by atoms with Crippen LogP contribution in [0.25, 0.3) is 0 Å². The van der Waals surface area contributed by atoms with Crippen molar-refractivity contribution >= 4 is 5.69 Å². The van der Waals surface area contributed by atoms with Crippen LogP contribution in [-0.4, -0.2) is 17.7 Å². The zero-order valence-corrected chi connectivity index (χ0v) is 10.7. The molecule has 1 N–H and O–H groups in total. The van der Waals surface area contributed by atoms with E-state index in [-0.39, 0.29) is 6.61 Å². The number of nitrogens with zero attached hydrogens (tertiary/aromatic N) is 1. The van der Waals surface area contributed by atoms with E-state index in [1.165, 1.54) is 37.8 Å². The Morgan fingerprint density at radius 2 is 2.06 bits per heavy atom. The van der Waals surface area contributed by atoms with Crippen LogP contribution in [-0.2, 0) is 6.61 Å². The van der Waals surface area contributed by atoms with Gasteiger partial charge in [0, 0.05) is 23.8 Å². The van der Waals surface area contributed by atoms with Gasteiger partial charge in [0.25, 0.3) is 0 Å². The predicted molar refractivity (Wildman–Crippen MR) is 72.3 cm³/mol. The van der Waals surface area contributed by atoms with E-state index < -0.39 is 0 Å². The normalized spacial score (nSPS) is 21.3. The molecule has 0 bridgehead atoms. The number of anilines is 1. The standard InChI is InChI=1S/C15H23NO/c1-2-14-9-4-3-7-11-16(14)15-10-6-5-8-13(15)12-17/h5-6,8,10,14,17H,2-4,7,9,11-12H2,1H3. The molecule has 1 aromatic carbocycles. The van der Waals surface area contributed by atoms with E-state index in [2.05, 4.69) is 24.0 Å². The molecule has 0 aromatic heterocycles. The van der Waals surface area contributed by atoms with Gasteiger partial charge in [-0.3, -0.25) is 0 Å². The van der Waals surface area contributed by atoms with Gasteiger partial charge in [-0.05, 0) is 25.3 Å². The van der Waals surface area contributed by atoms with Crippen LogP contribution in [0.3, 0.4) is 0 Å². The van der Waals surface area contributed by atoms with Crippen molar-refractivity contribution in [1.82, 2.24) is 0 Å². The molecule has 2 rings (SSSR count). The number of benzene rings is 1. The number of para-hydroxylation sites is 1. The third kappa shape index (κ3) is 2.81. The summed E-state index contributed by atoms with van der Waals surface area (Å²) in [5, 5.41) is 9.45. The van der Waals surface area contributed by atoms with E-state index in [0.717, 1.165) is 12.1 Å². The van der Waals surface area contributed by atoms with Crippen molar-refractivity contribution in [3.63, 3.8) is 0 Å². The van der Waals surface area contributed by atoms with Gasteiger partial charge in [0.1, 0.15) is 0 Å². The SMILES string of the molecule is CCC1CCCCCN1c1ccccc1CO. The molecule has 17 heavy (non-hydrogen) atoms. The summed E-state index contributed by atoms with van der Waals surface area (Å²) in [6.45, 7) is 3.54. The fraction of sp³-hybridized carbons (Fsp3) is 0.600. The van der Waals surface area contributed by atoms with Crippen molar-refractivity contribution < 1.29 is 5.11 Å². The second kappa shape index (κ2) is 6.06. The summed E-state index contributed by atoms with van der Waals surface area (Å²) < 4.78 is 0. The van der Waals surface area contributed by atoms with E-state index in [9.17, 15) is 5.11 Å². The molecule has 1 fully saturated rings. The first-order valence-corrected chi connectivity index (χ1v) is 6.82. The van der Waals surface area contributed by atoms with Crippen molar-refractivity contribution in [2.45, 2.75) is 51.7 Å². The minimum absolute atomic E-state index is 0.142. The quantitative estimate of drug-likeness (QED) is 0.865. The lowest BCUT2D eigenvalue weighted by molar-refractivity contribution is 0.281. The highest BCUT2D eigenvalue weighted by Crippen LogP contribution is 2.28. The fourth-order valence-electron chi connectivity index (χ4n) is 2.84. The first kappa shape index (κ1) is 12.4. The van der Waals surface area contributed by atoms with E-state index in [1.54, 1.807) is 0 Å². The molecule has 1 saturated heterocycles. The lowest BCUT2D eigenvalue weighted by atomic mass is 10.1. The Balaban J connectivity index is 2.28. The van der Waals surface area contributed by atoms with Crippen LogP contribution in [0.4, 0.5) is 5.69 Å². The lowest BCUT2D eigenvalue weighted by Gasteiger charge is -2.33. The molecule has 94 valence electrons. The molecule has 0 amide bonds. The summed E-state index contributed by atoms with van der Waals surface area (Å²) in [5.74, 6) is 0. The number of aliphatic hydroxyl groups excluding tert-OH is 1. The van der Waals surface area contributed by atoms with Crippen molar-refractivity contribution in [2.75, 3.05) is 11.4 Å². The van der Waals surface area contributed by atoms with Crippen molar-refractivity contribution in [3.05, 3.63) is 29.8 Å². The monoisotopic (exact) mass is 233 g/mol. The number of aliphatic hydroxyl groups is 1. The van der Waals surface area contributed by atoms with Crippen molar-refractivity contribution in [1.29, 1.82) is 0 Å². The summed E-state index contributed by atoms with van der Waals surface area (Å²) in [6.07, 6.45) is 6.44. The van der Waals surface area contributed by atoms with Gasteiger partial charge >= 0.3 is 0 Å². The molecule has 1 aliphatic rings. The van der Waals surface area contributed by atoms with Crippen LogP contribution < -0.4 is 4.90 Å². The maximum atomic E-state index is 9.45. The Bertz CT molecular complexity index is 351. The van der Waals surface area contributed by atoms with E-state index in [4.69, 9.17) is 0 Å². The van der Waals surface area contributed by atoms with E-state index >= 15 is 0 Å². The maximum Gasteiger partial charge on any atom is 0.0702 e. The topological polar surface area (TPSA) is 23.5 Å². The molecule has 2 heteroatoms. The zero-order valence-electron chi connectivity index (χ0n) is 10.7.